The van der Waals surface area contributed by atoms with Gasteiger partial charge >= 0.3 is 5.97 Å². The smallest absolute Gasteiger partial charge is 0.340 e. The zero-order valence-corrected chi connectivity index (χ0v) is 11.4. The Hall–Kier alpha value is -2.08. The first kappa shape index (κ1) is 13.4. The number of esters is 1. The van der Waals surface area contributed by atoms with E-state index in [1.54, 1.807) is 30.6 Å². The Kier molecular flexibility index (Phi) is 4.35. The molecule has 0 unspecified atom stereocenters. The number of carbonyl (C=O) groups excluding carboxylic acids is 1. The van der Waals surface area contributed by atoms with Crippen LogP contribution in [0.3, 0.4) is 0 Å². The summed E-state index contributed by atoms with van der Waals surface area (Å²) < 4.78 is 5.01. The lowest BCUT2D eigenvalue weighted by Gasteiger charge is -2.11. The van der Waals surface area contributed by atoms with Crippen molar-refractivity contribution in [1.29, 1.82) is 0 Å². The van der Waals surface area contributed by atoms with Crippen LogP contribution in [0.2, 0.25) is 0 Å². The molecular weight excluding hydrogens is 262 g/mol. The van der Waals surface area contributed by atoms with Crippen LogP contribution >= 0.6 is 11.3 Å². The maximum absolute atomic E-state index is 11.8. The molecule has 2 aromatic rings. The molecule has 0 bridgehead atoms. The lowest BCUT2D eigenvalue weighted by atomic mass is 10.1. The zero-order chi connectivity index (χ0) is 13.7. The van der Waals surface area contributed by atoms with Gasteiger partial charge in [0.25, 0.3) is 0 Å². The molecule has 1 aromatic heterocycles. The molecule has 0 aliphatic carbocycles. The molecule has 5 nitrogen and oxygen atoms in total. The number of rotatable bonds is 5. The van der Waals surface area contributed by atoms with Gasteiger partial charge in [0.2, 0.25) is 0 Å². The number of nitrogens with one attached hydrogen (secondary N) is 1. The summed E-state index contributed by atoms with van der Waals surface area (Å²) in [6.07, 6.45) is 0. The van der Waals surface area contributed by atoms with Gasteiger partial charge in [-0.15, -0.1) is 11.3 Å². The molecule has 0 saturated heterocycles. The Labute approximate surface area is 115 Å². The van der Waals surface area contributed by atoms with E-state index in [2.05, 4.69) is 10.3 Å². The molecule has 3 N–H and O–H groups in total. The van der Waals surface area contributed by atoms with Crippen LogP contribution in [0.25, 0.3) is 0 Å². The number of benzene rings is 1. The van der Waals surface area contributed by atoms with Crippen LogP contribution in [-0.2, 0) is 11.3 Å². The summed E-state index contributed by atoms with van der Waals surface area (Å²) in [5.41, 5.74) is 10.1. The fraction of sp³-hybridized carbons (Fsp3) is 0.231. The van der Waals surface area contributed by atoms with Crippen LogP contribution in [0.5, 0.6) is 0 Å². The Morgan fingerprint density at radius 2 is 2.37 bits per heavy atom. The van der Waals surface area contributed by atoms with Gasteiger partial charge < -0.3 is 15.8 Å². The molecule has 1 aromatic carbocycles. The molecule has 1 heterocycles. The van der Waals surface area contributed by atoms with Crippen molar-refractivity contribution in [2.75, 3.05) is 17.7 Å². The van der Waals surface area contributed by atoms with Crippen molar-refractivity contribution >= 4 is 28.7 Å². The van der Waals surface area contributed by atoms with Crippen molar-refractivity contribution in [1.82, 2.24) is 4.98 Å². The van der Waals surface area contributed by atoms with Gasteiger partial charge in [-0.2, -0.15) is 0 Å². The van der Waals surface area contributed by atoms with Crippen LogP contribution in [0.4, 0.5) is 11.4 Å². The van der Waals surface area contributed by atoms with Crippen LogP contribution in [0, 0.1) is 0 Å². The molecule has 0 amide bonds. The van der Waals surface area contributed by atoms with E-state index in [0.29, 0.717) is 30.1 Å². The lowest BCUT2D eigenvalue weighted by molar-refractivity contribution is 0.0527. The number of nitrogens with two attached hydrogens (primary N) is 1. The highest BCUT2D eigenvalue weighted by Crippen LogP contribution is 2.20. The molecule has 100 valence electrons. The number of ether oxygens (including phenoxy) is 1. The molecule has 0 radical (unpaired) electrons. The van der Waals surface area contributed by atoms with E-state index in [9.17, 15) is 4.79 Å². The topological polar surface area (TPSA) is 77.2 Å². The van der Waals surface area contributed by atoms with Crippen molar-refractivity contribution in [2.45, 2.75) is 13.5 Å². The highest BCUT2D eigenvalue weighted by Gasteiger charge is 2.13. The lowest BCUT2D eigenvalue weighted by Crippen LogP contribution is -2.10. The average Bonchev–Trinajstić information content (AvgIpc) is 2.90. The molecule has 0 spiro atoms. The first-order chi connectivity index (χ1) is 9.20. The highest BCUT2D eigenvalue weighted by molar-refractivity contribution is 7.07. The Bertz CT molecular complexity index is 555. The van der Waals surface area contributed by atoms with Gasteiger partial charge in [-0.3, -0.25) is 0 Å². The number of aromatic nitrogens is 1. The summed E-state index contributed by atoms with van der Waals surface area (Å²) >= 11 is 1.53. The monoisotopic (exact) mass is 277 g/mol. The molecular formula is C13H15N3O2S. The van der Waals surface area contributed by atoms with Crippen molar-refractivity contribution in [3.05, 3.63) is 40.3 Å². The van der Waals surface area contributed by atoms with Crippen molar-refractivity contribution in [2.24, 2.45) is 0 Å². The third-order valence-corrected chi connectivity index (χ3v) is 3.12. The van der Waals surface area contributed by atoms with Gasteiger partial charge in [-0.1, -0.05) is 0 Å². The third-order valence-electron chi connectivity index (χ3n) is 2.48. The van der Waals surface area contributed by atoms with E-state index in [1.165, 1.54) is 11.3 Å². The number of hydrogen-bond donors (Lipinski definition) is 2. The SMILES string of the molecule is CCOC(=O)c1cc(N)ccc1NCc1cscn1. The normalized spacial score (nSPS) is 10.2. The molecule has 0 saturated carbocycles. The summed E-state index contributed by atoms with van der Waals surface area (Å²) in [6.45, 7) is 2.66. The Morgan fingerprint density at radius 3 is 3.05 bits per heavy atom. The van der Waals surface area contributed by atoms with Crippen molar-refractivity contribution < 1.29 is 9.53 Å². The number of hydrogen-bond acceptors (Lipinski definition) is 6. The van der Waals surface area contributed by atoms with Gasteiger partial charge in [-0.25, -0.2) is 9.78 Å². The van der Waals surface area contributed by atoms with E-state index in [0.717, 1.165) is 5.69 Å². The summed E-state index contributed by atoms with van der Waals surface area (Å²) in [4.78, 5) is 16.0. The zero-order valence-electron chi connectivity index (χ0n) is 10.6. The van der Waals surface area contributed by atoms with Crippen LogP contribution in [-0.4, -0.2) is 17.6 Å². The molecule has 0 aliphatic rings. The van der Waals surface area contributed by atoms with E-state index in [-0.39, 0.29) is 5.97 Å². The molecule has 6 heteroatoms. The van der Waals surface area contributed by atoms with Crippen molar-refractivity contribution in [3.8, 4) is 0 Å². The summed E-state index contributed by atoms with van der Waals surface area (Å²) in [5.74, 6) is -0.379. The van der Waals surface area contributed by atoms with Crippen LogP contribution in [0.1, 0.15) is 23.0 Å². The molecule has 0 aliphatic heterocycles. The van der Waals surface area contributed by atoms with E-state index in [1.807, 2.05) is 5.38 Å². The second-order valence-electron chi connectivity index (χ2n) is 3.86. The fourth-order valence-corrected chi connectivity index (χ4v) is 2.16. The van der Waals surface area contributed by atoms with Gasteiger partial charge in [0, 0.05) is 16.8 Å². The first-order valence-electron chi connectivity index (χ1n) is 5.88. The predicted molar refractivity (Wildman–Crippen MR) is 76.3 cm³/mol. The summed E-state index contributed by atoms with van der Waals surface area (Å²) in [6, 6.07) is 5.13. The number of nitrogen functional groups attached to an aromatic ring is 1. The first-order valence-corrected chi connectivity index (χ1v) is 6.82. The number of anilines is 2. The molecule has 0 fully saturated rings. The van der Waals surface area contributed by atoms with E-state index >= 15 is 0 Å². The molecule has 0 atom stereocenters. The summed E-state index contributed by atoms with van der Waals surface area (Å²) in [7, 11) is 0. The number of carbonyl (C=O) groups is 1. The second kappa shape index (κ2) is 6.19. The minimum atomic E-state index is -0.379. The maximum atomic E-state index is 11.8. The minimum absolute atomic E-state index is 0.332. The standard InChI is InChI=1S/C13H15N3O2S/c1-2-18-13(17)11-5-9(14)3-4-12(11)15-6-10-7-19-8-16-10/h3-5,7-8,15H,2,6,14H2,1H3. The van der Waals surface area contributed by atoms with Crippen LogP contribution in [0.15, 0.2) is 29.1 Å². The highest BCUT2D eigenvalue weighted by atomic mass is 32.1. The van der Waals surface area contributed by atoms with Gasteiger partial charge in [0.1, 0.15) is 0 Å². The second-order valence-corrected chi connectivity index (χ2v) is 4.58. The van der Waals surface area contributed by atoms with E-state index in [4.69, 9.17) is 10.5 Å². The van der Waals surface area contributed by atoms with Gasteiger partial charge in [0.05, 0.1) is 29.9 Å². The average molecular weight is 277 g/mol. The van der Waals surface area contributed by atoms with Crippen molar-refractivity contribution in [3.63, 3.8) is 0 Å². The molecule has 2 rings (SSSR count). The van der Waals surface area contributed by atoms with E-state index < -0.39 is 0 Å². The van der Waals surface area contributed by atoms with Gasteiger partial charge in [-0.05, 0) is 25.1 Å². The Balaban J connectivity index is 2.16. The fourth-order valence-electron chi connectivity index (χ4n) is 1.60. The third kappa shape index (κ3) is 3.45. The van der Waals surface area contributed by atoms with Gasteiger partial charge in [0.15, 0.2) is 0 Å². The number of nitrogens with zero attached hydrogens (tertiary/aromatic N) is 1. The predicted octanol–water partition coefficient (Wildman–Crippen LogP) is 2.51. The quantitative estimate of drug-likeness (QED) is 0.648. The number of thiazole rings is 1. The Morgan fingerprint density at radius 1 is 1.53 bits per heavy atom. The van der Waals surface area contributed by atoms with Crippen LogP contribution < -0.4 is 11.1 Å². The summed E-state index contributed by atoms with van der Waals surface area (Å²) in [5, 5.41) is 5.12. The molecule has 19 heavy (non-hydrogen) atoms. The minimum Gasteiger partial charge on any atom is -0.462 e. The maximum Gasteiger partial charge on any atom is 0.340 e. The largest absolute Gasteiger partial charge is 0.462 e.